The molecule has 8 N–H and O–H groups in total. The summed E-state index contributed by atoms with van der Waals surface area (Å²) in [4.78, 5) is 109. The van der Waals surface area contributed by atoms with Gasteiger partial charge in [-0.25, -0.2) is 14.8 Å². The van der Waals surface area contributed by atoms with Crippen molar-refractivity contribution in [2.75, 3.05) is 105 Å². The molecule has 2 aliphatic heterocycles. The third-order valence-electron chi connectivity index (χ3n) is 14.8. The Morgan fingerprint density at radius 3 is 1.54 bits per heavy atom. The number of aryl methyl sites for hydroxylation is 2. The Hall–Kier alpha value is -6.73. The highest BCUT2D eigenvalue weighted by molar-refractivity contribution is 7.17. The van der Waals surface area contributed by atoms with E-state index in [4.69, 9.17) is 48.6 Å². The van der Waals surface area contributed by atoms with Crippen LogP contribution in [0.4, 0.5) is 4.79 Å². The molecule has 4 heterocycles. The van der Waals surface area contributed by atoms with Gasteiger partial charge in [-0.15, -0.1) is 11.3 Å². The van der Waals surface area contributed by atoms with Gasteiger partial charge in [-0.2, -0.15) is 0 Å². The summed E-state index contributed by atoms with van der Waals surface area (Å²) >= 11 is 2.86. The van der Waals surface area contributed by atoms with Crippen molar-refractivity contribution in [2.45, 2.75) is 144 Å². The number of carbonyl (C=O) groups is 7. The molecular formula is C65H96N10O16S2. The zero-order valence-corrected chi connectivity index (χ0v) is 57.2. The molecule has 2 aromatic carbocycles. The molecule has 26 nitrogen and oxygen atoms in total. The maximum Gasteiger partial charge on any atom is 0.407 e. The number of hydrogen-bond acceptors (Lipinski definition) is 21. The molecule has 514 valence electrons. The minimum absolute atomic E-state index is 0.0221. The topological polar surface area (TPSA) is 332 Å². The van der Waals surface area contributed by atoms with Gasteiger partial charge >= 0.3 is 6.09 Å². The van der Waals surface area contributed by atoms with Gasteiger partial charge in [-0.1, -0.05) is 101 Å². The van der Waals surface area contributed by atoms with E-state index in [0.29, 0.717) is 37.3 Å². The number of likely N-dealkylation sites (tertiary alicyclic amines) is 2. The van der Waals surface area contributed by atoms with E-state index in [9.17, 15) is 38.7 Å². The monoisotopic (exact) mass is 1340 g/mol. The normalized spacial score (nSPS) is 17.4. The highest BCUT2D eigenvalue weighted by Gasteiger charge is 2.47. The van der Waals surface area contributed by atoms with Crippen molar-refractivity contribution in [1.82, 2.24) is 46.4 Å². The van der Waals surface area contributed by atoms with Crippen LogP contribution in [0.25, 0.3) is 20.9 Å². The predicted octanol–water partition coefficient (Wildman–Crippen LogP) is 4.44. The second kappa shape index (κ2) is 36.2. The summed E-state index contributed by atoms with van der Waals surface area (Å²) in [6.07, 6.45) is -1.97. The fourth-order valence-electron chi connectivity index (χ4n) is 10.1. The number of aliphatic hydroxyl groups is 1. The number of benzene rings is 2. The maximum absolute atomic E-state index is 14.8. The highest BCUT2D eigenvalue weighted by atomic mass is 32.1. The number of β-amino-alcohol motifs (C(OH)–C–C–N with tert-alkyl or cyclic N) is 1. The first kappa shape index (κ1) is 75.3. The van der Waals surface area contributed by atoms with E-state index in [-0.39, 0.29) is 105 Å². The summed E-state index contributed by atoms with van der Waals surface area (Å²) in [5.41, 5.74) is 10.1. The number of nitrogens with two attached hydrogens (primary N) is 1. The number of carbonyl (C=O) groups excluding carboxylic acids is 7. The molecule has 2 aliphatic rings. The van der Waals surface area contributed by atoms with Crippen LogP contribution in [0, 0.1) is 24.7 Å². The van der Waals surface area contributed by atoms with Gasteiger partial charge in [0.1, 0.15) is 49.1 Å². The molecular weight excluding hydrogens is 1240 g/mol. The number of nitrogens with one attached hydrogen (secondary N) is 5. The largest absolute Gasteiger partial charge is 0.465 e. The van der Waals surface area contributed by atoms with Crippen molar-refractivity contribution in [3.05, 3.63) is 76.6 Å². The Morgan fingerprint density at radius 2 is 1.06 bits per heavy atom. The van der Waals surface area contributed by atoms with Gasteiger partial charge in [-0.05, 0) is 67.7 Å². The molecule has 0 aliphatic carbocycles. The molecule has 0 saturated carbocycles. The molecule has 0 unspecified atom stereocenters. The summed E-state index contributed by atoms with van der Waals surface area (Å²) in [6.45, 7) is 23.0. The summed E-state index contributed by atoms with van der Waals surface area (Å²) in [5, 5.41) is 25.3. The first-order chi connectivity index (χ1) is 44.1. The number of aromatic nitrogens is 2. The van der Waals surface area contributed by atoms with Gasteiger partial charge in [0.05, 0.1) is 105 Å². The number of alkyl carbamates (subject to hydrolysis) is 1. The molecule has 28 heteroatoms. The zero-order chi connectivity index (χ0) is 67.9. The van der Waals surface area contributed by atoms with Gasteiger partial charge in [0.15, 0.2) is 0 Å². The third kappa shape index (κ3) is 24.5. The number of amides is 7. The molecule has 7 amide bonds. The van der Waals surface area contributed by atoms with Crippen LogP contribution >= 0.6 is 22.7 Å². The SMILES string of the molecule is Cc1ncsc1-c1ccc(CNC(=O)[C@@H]2C[C@@H](Oc3nc(C)c(-c4ccc(CNC(=O)[C@@H]5C[C@@H](O)CN5C(=O)[C@@H](NC(=O)COCCOCCOCCN)C(C)(C)C)cc4)s3)CN2C(=O)[C@@H](NC(=O)COCCOCCOCCNC(=O)OC(C)(C)C)C(C)(C)C)cc1. The molecule has 2 saturated heterocycles. The fourth-order valence-corrected chi connectivity index (χ4v) is 11.9. The lowest BCUT2D eigenvalue weighted by atomic mass is 9.85. The average Bonchev–Trinajstić information content (AvgIpc) is 1.73. The van der Waals surface area contributed by atoms with Crippen LogP contribution in [0.1, 0.15) is 97.7 Å². The summed E-state index contributed by atoms with van der Waals surface area (Å²) < 4.78 is 44.6. The van der Waals surface area contributed by atoms with Crippen LogP contribution < -0.4 is 37.1 Å². The Kier molecular flexibility index (Phi) is 29.3. The lowest BCUT2D eigenvalue weighted by Crippen LogP contribution is -2.58. The maximum atomic E-state index is 14.8. The van der Waals surface area contributed by atoms with Crippen molar-refractivity contribution < 1.29 is 76.6 Å². The van der Waals surface area contributed by atoms with Crippen LogP contribution in [-0.2, 0) is 75.0 Å². The Bertz CT molecular complexity index is 3050. The van der Waals surface area contributed by atoms with Crippen molar-refractivity contribution in [2.24, 2.45) is 16.6 Å². The Labute approximate surface area is 553 Å². The molecule has 6 rings (SSSR count). The molecule has 0 bridgehead atoms. The van der Waals surface area contributed by atoms with Gasteiger partial charge in [0, 0.05) is 45.6 Å². The molecule has 0 radical (unpaired) electrons. The summed E-state index contributed by atoms with van der Waals surface area (Å²) in [5.74, 6) is -2.85. The van der Waals surface area contributed by atoms with Crippen molar-refractivity contribution in [3.63, 3.8) is 0 Å². The number of aliphatic hydroxyl groups excluding tert-OH is 1. The van der Waals surface area contributed by atoms with Crippen LogP contribution in [0.2, 0.25) is 0 Å². The number of thiazole rings is 2. The Balaban J connectivity index is 1.04. The Morgan fingerprint density at radius 1 is 0.602 bits per heavy atom. The van der Waals surface area contributed by atoms with E-state index in [2.05, 4.69) is 31.6 Å². The van der Waals surface area contributed by atoms with Crippen molar-refractivity contribution in [3.8, 4) is 26.1 Å². The average molecular weight is 1340 g/mol. The van der Waals surface area contributed by atoms with Gasteiger partial charge < -0.3 is 85.1 Å². The highest BCUT2D eigenvalue weighted by Crippen LogP contribution is 2.37. The number of hydrogen-bond donors (Lipinski definition) is 7. The minimum Gasteiger partial charge on any atom is -0.465 e. The number of nitrogens with zero attached hydrogens (tertiary/aromatic N) is 4. The van der Waals surface area contributed by atoms with E-state index < -0.39 is 94.3 Å². The summed E-state index contributed by atoms with van der Waals surface area (Å²) in [6, 6.07) is 11.3. The van der Waals surface area contributed by atoms with E-state index >= 15 is 0 Å². The van der Waals surface area contributed by atoms with E-state index in [1.54, 1.807) is 58.4 Å². The second-order valence-electron chi connectivity index (χ2n) is 25.9. The second-order valence-corrected chi connectivity index (χ2v) is 27.7. The van der Waals surface area contributed by atoms with E-state index in [1.165, 1.54) is 21.1 Å². The molecule has 4 aromatic rings. The molecule has 2 fully saturated rings. The number of rotatable bonds is 35. The fraction of sp³-hybridized carbons (Fsp3) is 0.615. The minimum atomic E-state index is -1.06. The van der Waals surface area contributed by atoms with Crippen LogP contribution in [-0.4, -0.2) is 214 Å². The molecule has 6 atom stereocenters. The first-order valence-corrected chi connectivity index (χ1v) is 33.1. The lowest BCUT2D eigenvalue weighted by molar-refractivity contribution is -0.144. The smallest absolute Gasteiger partial charge is 0.407 e. The van der Waals surface area contributed by atoms with Crippen molar-refractivity contribution >= 4 is 64.2 Å². The van der Waals surface area contributed by atoms with Gasteiger partial charge in [0.25, 0.3) is 5.19 Å². The third-order valence-corrected chi connectivity index (χ3v) is 16.9. The zero-order valence-electron chi connectivity index (χ0n) is 55.6. The lowest BCUT2D eigenvalue weighted by Gasteiger charge is -2.35. The number of ether oxygens (including phenoxy) is 8. The first-order valence-electron chi connectivity index (χ1n) is 31.4. The van der Waals surface area contributed by atoms with Crippen LogP contribution in [0.15, 0.2) is 54.0 Å². The van der Waals surface area contributed by atoms with Gasteiger partial charge in [-0.3, -0.25) is 28.8 Å². The van der Waals surface area contributed by atoms with Crippen LogP contribution in [0.5, 0.6) is 5.19 Å². The quantitative estimate of drug-likeness (QED) is 0.0313. The molecule has 2 aromatic heterocycles. The summed E-state index contributed by atoms with van der Waals surface area (Å²) in [7, 11) is 0. The van der Waals surface area contributed by atoms with Gasteiger partial charge in [0.2, 0.25) is 35.4 Å². The standard InChI is InChI=1S/C65H96N10O16S2/c1-41-53(92-40-70-41)45-16-12-43(13-17-45)35-69-58(80)50-33-48(37-75(50)60(82)56(64(6,7)8)73-52(78)39-89-31-29-87-27-25-85-23-21-67-61(83)91-65(9,10)11)90-62-71-42(2)54(93-62)46-18-14-44(15-19-46)34-68-57(79)49-32-47(76)36-74(49)59(81)55(63(3,4)5)72-51(77)38-88-30-28-86-26-24-84-22-20-66/h12-19,40,47-50,55-56,76H,20-39,66H2,1-11H3,(H,67,83)(H,68,79)(H,69,80)(H,72,77)(H,73,78)/t47-,48-,49+,50+,55-,56-/m1/s1. The van der Waals surface area contributed by atoms with Crippen molar-refractivity contribution in [1.29, 1.82) is 0 Å². The van der Waals surface area contributed by atoms with E-state index in [0.717, 1.165) is 37.7 Å². The molecule has 93 heavy (non-hydrogen) atoms. The van der Waals surface area contributed by atoms with E-state index in [1.807, 2.05) is 83.1 Å². The molecule has 0 spiro atoms. The van der Waals surface area contributed by atoms with Crippen LogP contribution in [0.3, 0.4) is 0 Å². The predicted molar refractivity (Wildman–Crippen MR) is 350 cm³/mol.